The molecule has 6 rings (SSSR count). The molecule has 4 atom stereocenters. The molecular formula is C37H43N5O4S. The number of piperazine rings is 1. The second-order valence-electron chi connectivity index (χ2n) is 12.5. The van der Waals surface area contributed by atoms with E-state index in [2.05, 4.69) is 32.7 Å². The zero-order valence-corrected chi connectivity index (χ0v) is 27.8. The van der Waals surface area contributed by atoms with E-state index >= 15 is 0 Å². The highest BCUT2D eigenvalue weighted by molar-refractivity contribution is 7.09. The lowest BCUT2D eigenvalue weighted by Gasteiger charge is -2.39. The van der Waals surface area contributed by atoms with E-state index in [1.807, 2.05) is 59.7 Å². The predicted molar refractivity (Wildman–Crippen MR) is 184 cm³/mol. The number of amides is 2. The Labute approximate surface area is 280 Å². The molecule has 0 saturated carbocycles. The van der Waals surface area contributed by atoms with Crippen LogP contribution in [0.3, 0.4) is 0 Å². The Bertz CT molecular complexity index is 1650. The van der Waals surface area contributed by atoms with Crippen molar-refractivity contribution in [3.8, 4) is 5.75 Å². The Morgan fingerprint density at radius 2 is 1.83 bits per heavy atom. The fraction of sp³-hybridized carbons (Fsp3) is 0.378. The second kappa shape index (κ2) is 15.2. The molecule has 0 spiro atoms. The Hall–Kier alpha value is -4.09. The Morgan fingerprint density at radius 1 is 1.04 bits per heavy atom. The van der Waals surface area contributed by atoms with Crippen molar-refractivity contribution in [1.29, 1.82) is 0 Å². The molecule has 4 aromatic rings. The molecule has 2 amide bonds. The summed E-state index contributed by atoms with van der Waals surface area (Å²) in [5.74, 6) is 0.404. The van der Waals surface area contributed by atoms with E-state index in [1.165, 1.54) is 5.56 Å². The second-order valence-corrected chi connectivity index (χ2v) is 13.4. The first-order chi connectivity index (χ1) is 22.9. The topological polar surface area (TPSA) is 107 Å². The minimum atomic E-state index is -0.852. The molecule has 3 aromatic carbocycles. The van der Waals surface area contributed by atoms with E-state index in [-0.39, 0.29) is 23.9 Å². The number of aliphatic hydroxyl groups excluding tert-OH is 1. The maximum atomic E-state index is 13.8. The van der Waals surface area contributed by atoms with Crippen LogP contribution in [0, 0.1) is 6.92 Å². The van der Waals surface area contributed by atoms with Crippen LogP contribution >= 0.6 is 11.3 Å². The Morgan fingerprint density at radius 3 is 2.57 bits per heavy atom. The van der Waals surface area contributed by atoms with Gasteiger partial charge >= 0.3 is 0 Å². The summed E-state index contributed by atoms with van der Waals surface area (Å²) in [7, 11) is 1.66. The van der Waals surface area contributed by atoms with Gasteiger partial charge in [0.1, 0.15) is 10.8 Å². The van der Waals surface area contributed by atoms with E-state index in [9.17, 15) is 14.7 Å². The van der Waals surface area contributed by atoms with Crippen molar-refractivity contribution in [3.63, 3.8) is 0 Å². The van der Waals surface area contributed by atoms with E-state index in [0.29, 0.717) is 30.6 Å². The van der Waals surface area contributed by atoms with Gasteiger partial charge < -0.3 is 25.4 Å². The van der Waals surface area contributed by atoms with Gasteiger partial charge in [0.25, 0.3) is 11.8 Å². The summed E-state index contributed by atoms with van der Waals surface area (Å²) in [5.41, 5.74) is 4.01. The molecule has 1 aromatic heterocycles. The molecule has 3 N–H and O–H groups in total. The third-order valence-corrected chi connectivity index (χ3v) is 10.2. The standard InChI is InChI=1S/C37H43N5O4S/c1-25-24-47-36(39-25)33-12-7-18-42(33)37(45)29-11-6-10-28(21-29)35(44)40-31(20-26-8-4-3-5-9-26)34(43)32-23-41(19-17-38-32)22-27-13-15-30(46-2)16-14-27/h3-6,8-11,13-16,21,24,31-34,38,43H,7,12,17-20,22-23H2,1-2H3,(H,40,44)/t31?,32?,33?,34-/m0/s1. The summed E-state index contributed by atoms with van der Waals surface area (Å²) in [5, 5.41) is 21.4. The smallest absolute Gasteiger partial charge is 0.254 e. The van der Waals surface area contributed by atoms with Crippen LogP contribution in [0.5, 0.6) is 5.75 Å². The fourth-order valence-electron chi connectivity index (χ4n) is 6.61. The number of hydrogen-bond donors (Lipinski definition) is 3. The van der Waals surface area contributed by atoms with Gasteiger partial charge in [-0.3, -0.25) is 14.5 Å². The number of carbonyl (C=O) groups excluding carboxylic acids is 2. The predicted octanol–water partition coefficient (Wildman–Crippen LogP) is 4.61. The Kier molecular flexibility index (Phi) is 10.6. The molecule has 0 radical (unpaired) electrons. The zero-order chi connectivity index (χ0) is 32.8. The van der Waals surface area contributed by atoms with Crippen molar-refractivity contribution in [2.24, 2.45) is 0 Å². The van der Waals surface area contributed by atoms with Gasteiger partial charge in [-0.1, -0.05) is 48.5 Å². The normalized spacial score (nSPS) is 19.7. The number of aryl methyl sites for hydroxylation is 1. The molecule has 10 heteroatoms. The molecule has 2 aliphatic heterocycles. The number of hydrogen-bond acceptors (Lipinski definition) is 8. The molecule has 0 bridgehead atoms. The lowest BCUT2D eigenvalue weighted by molar-refractivity contribution is 0.0464. The third-order valence-electron chi connectivity index (χ3n) is 9.10. The lowest BCUT2D eigenvalue weighted by Crippen LogP contribution is -2.61. The maximum Gasteiger partial charge on any atom is 0.254 e. The molecule has 2 fully saturated rings. The number of methoxy groups -OCH3 is 1. The monoisotopic (exact) mass is 653 g/mol. The number of nitrogens with one attached hydrogen (secondary N) is 2. The molecule has 3 unspecified atom stereocenters. The minimum absolute atomic E-state index is 0.0450. The van der Waals surface area contributed by atoms with Gasteiger partial charge in [-0.15, -0.1) is 11.3 Å². The number of likely N-dealkylation sites (tertiary alicyclic amines) is 1. The van der Waals surface area contributed by atoms with E-state index in [4.69, 9.17) is 4.74 Å². The van der Waals surface area contributed by atoms with Gasteiger partial charge in [0.2, 0.25) is 0 Å². The number of carbonyl (C=O) groups is 2. The van der Waals surface area contributed by atoms with Crippen molar-refractivity contribution in [2.75, 3.05) is 33.3 Å². The van der Waals surface area contributed by atoms with Gasteiger partial charge in [-0.2, -0.15) is 0 Å². The van der Waals surface area contributed by atoms with Gasteiger partial charge in [-0.05, 0) is 67.6 Å². The molecule has 2 aliphatic rings. The Balaban J connectivity index is 1.16. The highest BCUT2D eigenvalue weighted by Gasteiger charge is 2.34. The summed E-state index contributed by atoms with van der Waals surface area (Å²) in [6.07, 6.45) is 1.41. The summed E-state index contributed by atoms with van der Waals surface area (Å²) in [6.45, 7) is 5.60. The van der Waals surface area contributed by atoms with Crippen LogP contribution in [0.1, 0.15) is 61.4 Å². The van der Waals surface area contributed by atoms with Crippen LogP contribution in [0.4, 0.5) is 0 Å². The number of thiazole rings is 1. The number of ether oxygens (including phenoxy) is 1. The molecule has 0 aliphatic carbocycles. The van der Waals surface area contributed by atoms with Crippen LogP contribution in [-0.2, 0) is 13.0 Å². The van der Waals surface area contributed by atoms with Gasteiger partial charge in [0.15, 0.2) is 0 Å². The van der Waals surface area contributed by atoms with E-state index < -0.39 is 12.1 Å². The molecule has 2 saturated heterocycles. The van der Waals surface area contributed by atoms with Crippen molar-refractivity contribution in [1.82, 2.24) is 25.4 Å². The van der Waals surface area contributed by atoms with Gasteiger partial charge in [0, 0.05) is 61.0 Å². The van der Waals surface area contributed by atoms with E-state index in [1.54, 1.807) is 42.7 Å². The summed E-state index contributed by atoms with van der Waals surface area (Å²) < 4.78 is 5.30. The first-order valence-electron chi connectivity index (χ1n) is 16.3. The molecule has 9 nitrogen and oxygen atoms in total. The average molecular weight is 654 g/mol. The maximum absolute atomic E-state index is 13.8. The molecule has 246 valence electrons. The average Bonchev–Trinajstić information content (AvgIpc) is 3.77. The van der Waals surface area contributed by atoms with Crippen LogP contribution in [0.25, 0.3) is 0 Å². The SMILES string of the molecule is COc1ccc(CN2CCNC([C@@H](O)C(Cc3ccccc3)NC(=O)c3cccc(C(=O)N4CCCC4c4nc(C)cs4)c3)C2)cc1. The number of benzene rings is 3. The fourth-order valence-corrected chi connectivity index (χ4v) is 7.55. The third kappa shape index (κ3) is 8.08. The zero-order valence-electron chi connectivity index (χ0n) is 27.0. The van der Waals surface area contributed by atoms with Gasteiger partial charge in [-0.25, -0.2) is 4.98 Å². The first-order valence-corrected chi connectivity index (χ1v) is 17.2. The number of nitrogens with zero attached hydrogens (tertiary/aromatic N) is 3. The molecule has 3 heterocycles. The van der Waals surface area contributed by atoms with E-state index in [0.717, 1.165) is 54.5 Å². The first kappa shape index (κ1) is 32.8. The van der Waals surface area contributed by atoms with Crippen LogP contribution in [0.2, 0.25) is 0 Å². The van der Waals surface area contributed by atoms with Crippen molar-refractivity contribution >= 4 is 23.2 Å². The van der Waals surface area contributed by atoms with Crippen LogP contribution in [0.15, 0.2) is 84.2 Å². The number of aromatic nitrogens is 1. The van der Waals surface area contributed by atoms with Crippen LogP contribution < -0.4 is 15.4 Å². The number of rotatable bonds is 11. The largest absolute Gasteiger partial charge is 0.497 e. The lowest BCUT2D eigenvalue weighted by atomic mass is 9.94. The summed E-state index contributed by atoms with van der Waals surface area (Å²) in [6, 6.07) is 24.0. The summed E-state index contributed by atoms with van der Waals surface area (Å²) in [4.78, 5) is 36.3. The quantitative estimate of drug-likeness (QED) is 0.217. The molecular weight excluding hydrogens is 611 g/mol. The van der Waals surface area contributed by atoms with Crippen molar-refractivity contribution < 1.29 is 19.4 Å². The van der Waals surface area contributed by atoms with Crippen molar-refractivity contribution in [3.05, 3.63) is 117 Å². The summed E-state index contributed by atoms with van der Waals surface area (Å²) >= 11 is 1.59. The van der Waals surface area contributed by atoms with Crippen molar-refractivity contribution in [2.45, 2.75) is 57.0 Å². The molecule has 47 heavy (non-hydrogen) atoms. The minimum Gasteiger partial charge on any atom is -0.497 e. The number of aliphatic hydroxyl groups is 1. The van der Waals surface area contributed by atoms with Gasteiger partial charge in [0.05, 0.1) is 25.3 Å². The highest BCUT2D eigenvalue weighted by atomic mass is 32.1. The highest BCUT2D eigenvalue weighted by Crippen LogP contribution is 2.35. The van der Waals surface area contributed by atoms with Crippen LogP contribution in [-0.4, -0.2) is 83.2 Å².